The second-order valence-electron chi connectivity index (χ2n) is 9.57. The monoisotopic (exact) mass is 488 g/mol. The third kappa shape index (κ3) is 3.19. The molecule has 0 saturated heterocycles. The van der Waals surface area contributed by atoms with Crippen LogP contribution in [0.2, 0.25) is 0 Å². The highest BCUT2D eigenvalue weighted by Gasteiger charge is 2.38. The zero-order valence-corrected chi connectivity index (χ0v) is 21.3. The molecule has 0 saturated carbocycles. The Labute approximate surface area is 213 Å². The van der Waals surface area contributed by atoms with Gasteiger partial charge in [-0.2, -0.15) is 0 Å². The molecule has 0 N–H and O–H groups in total. The third-order valence-corrected chi connectivity index (χ3v) is 9.77. The van der Waals surface area contributed by atoms with E-state index in [0.717, 1.165) is 24.0 Å². The molecule has 36 heavy (non-hydrogen) atoms. The summed E-state index contributed by atoms with van der Waals surface area (Å²) < 4.78 is 26.7. The van der Waals surface area contributed by atoms with E-state index >= 15 is 0 Å². The minimum atomic E-state index is -3.60. The maximum absolute atomic E-state index is 13.3. The summed E-state index contributed by atoms with van der Waals surface area (Å²) in [4.78, 5) is 0.625. The molecule has 0 unspecified atom stereocenters. The average Bonchev–Trinajstić information content (AvgIpc) is 2.94. The SMILES string of the molecule is CCC1(CC)c2ccccc2-c2ccc(-c3cccc(S(=O)(=O)c4ccccc4)c3)c3cccc1c23. The van der Waals surface area contributed by atoms with E-state index in [1.807, 2.05) is 24.3 Å². The van der Waals surface area contributed by atoms with Gasteiger partial charge in [-0.1, -0.05) is 98.8 Å². The molecule has 5 aromatic rings. The molecule has 0 spiro atoms. The maximum atomic E-state index is 13.3. The van der Waals surface area contributed by atoms with Gasteiger partial charge in [0.15, 0.2) is 0 Å². The average molecular weight is 489 g/mol. The molecule has 6 rings (SSSR count). The molecule has 0 atom stereocenters. The van der Waals surface area contributed by atoms with E-state index in [4.69, 9.17) is 0 Å². The van der Waals surface area contributed by atoms with E-state index in [0.29, 0.717) is 9.79 Å². The van der Waals surface area contributed by atoms with Crippen LogP contribution in [0.15, 0.2) is 119 Å². The van der Waals surface area contributed by atoms with Crippen LogP contribution in [-0.2, 0) is 15.3 Å². The molecular weight excluding hydrogens is 460 g/mol. The van der Waals surface area contributed by atoms with Gasteiger partial charge in [0, 0.05) is 5.41 Å². The van der Waals surface area contributed by atoms with E-state index in [-0.39, 0.29) is 5.41 Å². The highest BCUT2D eigenvalue weighted by atomic mass is 32.2. The second kappa shape index (κ2) is 8.46. The van der Waals surface area contributed by atoms with Crippen molar-refractivity contribution in [2.24, 2.45) is 0 Å². The second-order valence-corrected chi connectivity index (χ2v) is 11.5. The Balaban J connectivity index is 1.61. The molecule has 0 heterocycles. The molecule has 1 aliphatic carbocycles. The Hall–Kier alpha value is -3.69. The Bertz CT molecular complexity index is 1710. The summed E-state index contributed by atoms with van der Waals surface area (Å²) in [7, 11) is -3.60. The smallest absolute Gasteiger partial charge is 0.206 e. The van der Waals surface area contributed by atoms with Gasteiger partial charge in [0.05, 0.1) is 9.79 Å². The van der Waals surface area contributed by atoms with Crippen LogP contribution in [0, 0.1) is 0 Å². The number of hydrogen-bond donors (Lipinski definition) is 0. The lowest BCUT2D eigenvalue weighted by Gasteiger charge is -2.40. The van der Waals surface area contributed by atoms with Crippen molar-refractivity contribution in [3.8, 4) is 22.3 Å². The molecule has 1 aliphatic rings. The zero-order chi connectivity index (χ0) is 24.9. The normalized spacial score (nSPS) is 13.9. The number of fused-ring (bicyclic) bond motifs is 2. The van der Waals surface area contributed by atoms with Crippen molar-refractivity contribution in [3.05, 3.63) is 120 Å². The summed E-state index contributed by atoms with van der Waals surface area (Å²) in [5.74, 6) is 0. The van der Waals surface area contributed by atoms with Crippen molar-refractivity contribution in [1.29, 1.82) is 0 Å². The quantitative estimate of drug-likeness (QED) is 0.249. The van der Waals surface area contributed by atoms with Crippen LogP contribution in [0.5, 0.6) is 0 Å². The van der Waals surface area contributed by atoms with E-state index in [1.54, 1.807) is 30.3 Å². The van der Waals surface area contributed by atoms with Crippen molar-refractivity contribution in [2.45, 2.75) is 41.9 Å². The number of benzene rings is 5. The summed E-state index contributed by atoms with van der Waals surface area (Å²) in [6.45, 7) is 4.57. The van der Waals surface area contributed by atoms with Crippen LogP contribution in [0.1, 0.15) is 37.8 Å². The fourth-order valence-corrected chi connectivity index (χ4v) is 7.47. The molecule has 0 amide bonds. The Kier molecular flexibility index (Phi) is 5.35. The van der Waals surface area contributed by atoms with Gasteiger partial charge in [-0.05, 0) is 81.3 Å². The lowest BCUT2D eigenvalue weighted by Crippen LogP contribution is -2.29. The van der Waals surface area contributed by atoms with Gasteiger partial charge in [-0.15, -0.1) is 0 Å². The molecule has 3 heteroatoms. The van der Waals surface area contributed by atoms with Crippen LogP contribution in [0.4, 0.5) is 0 Å². The standard InChI is InChI=1S/C33H28O2S/c1-3-33(4-2)30-18-9-8-16-27(30)29-21-20-26(28-17-11-19-31(33)32(28)29)23-12-10-15-25(22-23)36(34,35)24-13-6-5-7-14-24/h5-22H,3-4H2,1-2H3. The van der Waals surface area contributed by atoms with Gasteiger partial charge >= 0.3 is 0 Å². The summed E-state index contributed by atoms with van der Waals surface area (Å²) in [5.41, 5.74) is 7.25. The largest absolute Gasteiger partial charge is 0.219 e. The highest BCUT2D eigenvalue weighted by Crippen LogP contribution is 2.53. The van der Waals surface area contributed by atoms with Crippen molar-refractivity contribution < 1.29 is 8.42 Å². The molecular formula is C33H28O2S. The van der Waals surface area contributed by atoms with Gasteiger partial charge in [0.2, 0.25) is 9.84 Å². The first-order valence-electron chi connectivity index (χ1n) is 12.6. The molecule has 5 aromatic carbocycles. The maximum Gasteiger partial charge on any atom is 0.206 e. The summed E-state index contributed by atoms with van der Waals surface area (Å²) in [6.07, 6.45) is 2.04. The fourth-order valence-electron chi connectivity index (χ4n) is 6.14. The van der Waals surface area contributed by atoms with Gasteiger partial charge < -0.3 is 0 Å². The van der Waals surface area contributed by atoms with Crippen LogP contribution >= 0.6 is 0 Å². The van der Waals surface area contributed by atoms with Crippen molar-refractivity contribution in [3.63, 3.8) is 0 Å². The van der Waals surface area contributed by atoms with Gasteiger partial charge in [0.25, 0.3) is 0 Å². The molecule has 178 valence electrons. The number of rotatable bonds is 5. The van der Waals surface area contributed by atoms with Gasteiger partial charge in [0.1, 0.15) is 0 Å². The topological polar surface area (TPSA) is 34.1 Å². The van der Waals surface area contributed by atoms with Crippen molar-refractivity contribution >= 4 is 20.6 Å². The minimum Gasteiger partial charge on any atom is -0.219 e. The fraction of sp³-hybridized carbons (Fsp3) is 0.152. The van der Waals surface area contributed by atoms with Crippen molar-refractivity contribution in [1.82, 2.24) is 0 Å². The lowest BCUT2D eigenvalue weighted by molar-refractivity contribution is 0.481. The predicted octanol–water partition coefficient (Wildman–Crippen LogP) is 8.43. The first kappa shape index (κ1) is 22.8. The van der Waals surface area contributed by atoms with Crippen LogP contribution in [0.25, 0.3) is 33.0 Å². The van der Waals surface area contributed by atoms with Crippen LogP contribution < -0.4 is 0 Å². The summed E-state index contributed by atoms with van der Waals surface area (Å²) in [5, 5.41) is 2.45. The first-order valence-corrected chi connectivity index (χ1v) is 14.1. The van der Waals surface area contributed by atoms with E-state index in [9.17, 15) is 8.42 Å². The first-order chi connectivity index (χ1) is 17.5. The third-order valence-electron chi connectivity index (χ3n) is 8.00. The minimum absolute atomic E-state index is 0.0414. The summed E-state index contributed by atoms with van der Waals surface area (Å²) in [6, 6.07) is 35.8. The molecule has 0 aliphatic heterocycles. The Morgan fingerprint density at radius 1 is 0.583 bits per heavy atom. The zero-order valence-electron chi connectivity index (χ0n) is 20.5. The number of sulfone groups is 1. The van der Waals surface area contributed by atoms with E-state index < -0.39 is 9.84 Å². The predicted molar refractivity (Wildman–Crippen MR) is 148 cm³/mol. The van der Waals surface area contributed by atoms with E-state index in [1.165, 1.54) is 33.0 Å². The van der Waals surface area contributed by atoms with Crippen molar-refractivity contribution in [2.75, 3.05) is 0 Å². The molecule has 0 fully saturated rings. The summed E-state index contributed by atoms with van der Waals surface area (Å²) >= 11 is 0. The molecule has 0 aromatic heterocycles. The Morgan fingerprint density at radius 2 is 1.22 bits per heavy atom. The Morgan fingerprint density at radius 3 is 2.00 bits per heavy atom. The lowest BCUT2D eigenvalue weighted by atomic mass is 9.63. The van der Waals surface area contributed by atoms with Gasteiger partial charge in [-0.25, -0.2) is 8.42 Å². The molecule has 0 radical (unpaired) electrons. The highest BCUT2D eigenvalue weighted by molar-refractivity contribution is 7.91. The van der Waals surface area contributed by atoms with Crippen LogP contribution in [-0.4, -0.2) is 8.42 Å². The van der Waals surface area contributed by atoms with E-state index in [2.05, 4.69) is 68.4 Å². The number of hydrogen-bond acceptors (Lipinski definition) is 2. The van der Waals surface area contributed by atoms with Gasteiger partial charge in [-0.3, -0.25) is 0 Å². The molecule has 2 nitrogen and oxygen atoms in total. The van der Waals surface area contributed by atoms with Crippen LogP contribution in [0.3, 0.4) is 0 Å². The molecule has 0 bridgehead atoms.